The van der Waals surface area contributed by atoms with Crippen LogP contribution in [0.4, 0.5) is 0 Å². The van der Waals surface area contributed by atoms with E-state index in [-0.39, 0.29) is 17.9 Å². The van der Waals surface area contributed by atoms with Crippen molar-refractivity contribution < 1.29 is 4.79 Å². The van der Waals surface area contributed by atoms with Gasteiger partial charge in [-0.05, 0) is 18.4 Å². The third kappa shape index (κ3) is 1.19. The summed E-state index contributed by atoms with van der Waals surface area (Å²) in [4.78, 5) is 13.0. The first-order valence-electron chi connectivity index (χ1n) is 3.07. The Hall–Kier alpha value is -1.22. The lowest BCUT2D eigenvalue weighted by Crippen LogP contribution is -2.36. The summed E-state index contributed by atoms with van der Waals surface area (Å²) >= 11 is 0. The summed E-state index contributed by atoms with van der Waals surface area (Å²) in [6.07, 6.45) is 1.25. The first-order chi connectivity index (χ1) is 4.74. The Balaban J connectivity index is 2.30. The van der Waals surface area contributed by atoms with Crippen molar-refractivity contribution >= 4 is 5.91 Å². The molecule has 0 aromatic carbocycles. The predicted octanol–water partition coefficient (Wildman–Crippen LogP) is 0.561. The van der Waals surface area contributed by atoms with Crippen LogP contribution in [-0.2, 0) is 4.79 Å². The largest absolute Gasteiger partial charge is 0.369 e. The Labute approximate surface area is 57.8 Å². The zero-order valence-corrected chi connectivity index (χ0v) is 5.40. The van der Waals surface area contributed by atoms with E-state index < -0.39 is 0 Å². The molecule has 1 saturated carbocycles. The highest BCUT2D eigenvalue weighted by Crippen LogP contribution is 2.29. The molecule has 1 aliphatic rings. The van der Waals surface area contributed by atoms with Crippen molar-refractivity contribution in [3.05, 3.63) is 10.4 Å². The van der Waals surface area contributed by atoms with E-state index in [1.165, 1.54) is 0 Å². The molecular weight excluding hydrogens is 132 g/mol. The lowest BCUT2D eigenvalue weighted by atomic mass is 9.80. The maximum absolute atomic E-state index is 10.4. The summed E-state index contributed by atoms with van der Waals surface area (Å²) in [6.45, 7) is 0. The van der Waals surface area contributed by atoms with Crippen LogP contribution in [0, 0.1) is 5.92 Å². The van der Waals surface area contributed by atoms with Gasteiger partial charge < -0.3 is 5.73 Å². The van der Waals surface area contributed by atoms with Gasteiger partial charge in [0.05, 0.1) is 0 Å². The molecule has 5 heteroatoms. The van der Waals surface area contributed by atoms with Gasteiger partial charge in [-0.2, -0.15) is 0 Å². The third-order valence-electron chi connectivity index (χ3n) is 1.73. The fraction of sp³-hybridized carbons (Fsp3) is 0.800. The van der Waals surface area contributed by atoms with E-state index >= 15 is 0 Å². The van der Waals surface area contributed by atoms with Gasteiger partial charge in [0.15, 0.2) is 0 Å². The van der Waals surface area contributed by atoms with Gasteiger partial charge >= 0.3 is 0 Å². The van der Waals surface area contributed by atoms with Crippen molar-refractivity contribution in [2.45, 2.75) is 18.9 Å². The van der Waals surface area contributed by atoms with E-state index in [4.69, 9.17) is 11.3 Å². The standard InChI is InChI=1S/C5H8N4O/c6-5(10)3-1-4(2-3)8-9-7/h3-4H,1-2H2,(H2,6,10). The minimum absolute atomic E-state index is 0.00231. The summed E-state index contributed by atoms with van der Waals surface area (Å²) in [5, 5.41) is 3.44. The molecule has 1 fully saturated rings. The highest BCUT2D eigenvalue weighted by atomic mass is 16.1. The lowest BCUT2D eigenvalue weighted by Gasteiger charge is -2.28. The molecule has 10 heavy (non-hydrogen) atoms. The molecule has 0 aromatic rings. The number of nitrogens with two attached hydrogens (primary N) is 1. The second-order valence-electron chi connectivity index (χ2n) is 2.43. The van der Waals surface area contributed by atoms with Crippen LogP contribution < -0.4 is 5.73 Å². The summed E-state index contributed by atoms with van der Waals surface area (Å²) in [5.41, 5.74) is 13.0. The number of hydrogen-bond donors (Lipinski definition) is 1. The maximum atomic E-state index is 10.4. The van der Waals surface area contributed by atoms with Gasteiger partial charge in [-0.3, -0.25) is 4.79 Å². The molecular formula is C5H8N4O. The monoisotopic (exact) mass is 140 g/mol. The number of rotatable bonds is 2. The van der Waals surface area contributed by atoms with Gasteiger partial charge in [-0.15, -0.1) is 0 Å². The molecule has 0 radical (unpaired) electrons. The van der Waals surface area contributed by atoms with E-state index in [0.717, 1.165) is 0 Å². The summed E-state index contributed by atoms with van der Waals surface area (Å²) in [6, 6.07) is 0.00231. The van der Waals surface area contributed by atoms with E-state index in [2.05, 4.69) is 10.0 Å². The molecule has 1 amide bonds. The Kier molecular flexibility index (Phi) is 1.78. The average molecular weight is 140 g/mol. The Morgan fingerprint density at radius 2 is 2.30 bits per heavy atom. The molecule has 5 nitrogen and oxygen atoms in total. The minimum atomic E-state index is -0.288. The topological polar surface area (TPSA) is 91.8 Å². The van der Waals surface area contributed by atoms with Gasteiger partial charge in [0.1, 0.15) is 0 Å². The van der Waals surface area contributed by atoms with E-state index in [0.29, 0.717) is 12.8 Å². The fourth-order valence-corrected chi connectivity index (χ4v) is 0.987. The molecule has 2 N–H and O–H groups in total. The smallest absolute Gasteiger partial charge is 0.220 e. The summed E-state index contributed by atoms with van der Waals surface area (Å²) in [7, 11) is 0. The quantitative estimate of drug-likeness (QED) is 0.338. The number of nitrogens with zero attached hydrogens (tertiary/aromatic N) is 3. The van der Waals surface area contributed by atoms with Crippen LogP contribution in [-0.4, -0.2) is 11.9 Å². The lowest BCUT2D eigenvalue weighted by molar-refractivity contribution is -0.124. The average Bonchev–Trinajstić information content (AvgIpc) is 1.76. The number of hydrogen-bond acceptors (Lipinski definition) is 2. The van der Waals surface area contributed by atoms with E-state index in [1.807, 2.05) is 0 Å². The van der Waals surface area contributed by atoms with Crippen molar-refractivity contribution in [2.75, 3.05) is 0 Å². The van der Waals surface area contributed by atoms with Crippen LogP contribution in [0.15, 0.2) is 5.11 Å². The second-order valence-corrected chi connectivity index (χ2v) is 2.43. The molecule has 1 rings (SSSR count). The Morgan fingerprint density at radius 1 is 1.70 bits per heavy atom. The predicted molar refractivity (Wildman–Crippen MR) is 34.9 cm³/mol. The third-order valence-corrected chi connectivity index (χ3v) is 1.73. The number of carbonyl (C=O) groups excluding carboxylic acids is 1. The summed E-state index contributed by atoms with van der Waals surface area (Å²) < 4.78 is 0. The van der Waals surface area contributed by atoms with Gasteiger partial charge in [-0.1, -0.05) is 5.11 Å². The van der Waals surface area contributed by atoms with E-state index in [9.17, 15) is 4.79 Å². The van der Waals surface area contributed by atoms with Crippen molar-refractivity contribution in [2.24, 2.45) is 16.8 Å². The molecule has 0 heterocycles. The first-order valence-corrected chi connectivity index (χ1v) is 3.07. The molecule has 0 spiro atoms. The Bertz CT molecular complexity index is 184. The van der Waals surface area contributed by atoms with Gasteiger partial charge in [0.25, 0.3) is 0 Å². The van der Waals surface area contributed by atoms with Crippen molar-refractivity contribution in [1.29, 1.82) is 0 Å². The van der Waals surface area contributed by atoms with Gasteiger partial charge in [0.2, 0.25) is 5.91 Å². The van der Waals surface area contributed by atoms with Crippen LogP contribution in [0.5, 0.6) is 0 Å². The van der Waals surface area contributed by atoms with Crippen LogP contribution in [0.3, 0.4) is 0 Å². The molecule has 0 bridgehead atoms. The second kappa shape index (κ2) is 2.58. The van der Waals surface area contributed by atoms with Gasteiger partial charge in [-0.25, -0.2) is 0 Å². The molecule has 0 saturated heterocycles. The Morgan fingerprint density at radius 3 is 2.70 bits per heavy atom. The first kappa shape index (κ1) is 6.89. The highest BCUT2D eigenvalue weighted by Gasteiger charge is 2.31. The number of primary amides is 1. The van der Waals surface area contributed by atoms with Crippen LogP contribution >= 0.6 is 0 Å². The van der Waals surface area contributed by atoms with Crippen molar-refractivity contribution in [3.63, 3.8) is 0 Å². The SMILES string of the molecule is [N-]=[N+]=NC1CC(C(N)=O)C1. The maximum Gasteiger partial charge on any atom is 0.220 e. The molecule has 54 valence electrons. The number of carbonyl (C=O) groups is 1. The summed E-state index contributed by atoms with van der Waals surface area (Å²) in [5.74, 6) is -0.347. The van der Waals surface area contributed by atoms with Crippen LogP contribution in [0.1, 0.15) is 12.8 Å². The molecule has 1 aliphatic carbocycles. The zero-order valence-electron chi connectivity index (χ0n) is 5.40. The number of azide groups is 1. The molecule has 0 aliphatic heterocycles. The molecule has 0 atom stereocenters. The van der Waals surface area contributed by atoms with E-state index in [1.54, 1.807) is 0 Å². The zero-order chi connectivity index (χ0) is 7.56. The van der Waals surface area contributed by atoms with Crippen molar-refractivity contribution in [3.8, 4) is 0 Å². The van der Waals surface area contributed by atoms with Gasteiger partial charge in [0, 0.05) is 16.9 Å². The van der Waals surface area contributed by atoms with Crippen LogP contribution in [0.25, 0.3) is 10.4 Å². The normalized spacial score (nSPS) is 30.0. The number of amides is 1. The van der Waals surface area contributed by atoms with Crippen molar-refractivity contribution in [1.82, 2.24) is 0 Å². The molecule has 0 aromatic heterocycles. The molecule has 0 unspecified atom stereocenters. The van der Waals surface area contributed by atoms with Crippen LogP contribution in [0.2, 0.25) is 0 Å². The fourth-order valence-electron chi connectivity index (χ4n) is 0.987. The highest BCUT2D eigenvalue weighted by molar-refractivity contribution is 5.77. The minimum Gasteiger partial charge on any atom is -0.369 e.